The molecule has 0 radical (unpaired) electrons. The summed E-state index contributed by atoms with van der Waals surface area (Å²) < 4.78 is 18.2. The standard InChI is InChI=1S/C23H20N4O4/c1-13-23(28)27(16-4-2-3-5-16)18-8-6-14(10-17(18)24-13)21-25-22(31-26-21)15-7-9-19-20(11-15)30-12-29-19/h6-11,16H,2-5,12H2,1H3. The highest BCUT2D eigenvalue weighted by Crippen LogP contribution is 2.36. The van der Waals surface area contributed by atoms with E-state index in [1.165, 1.54) is 0 Å². The molecular weight excluding hydrogens is 396 g/mol. The topological polar surface area (TPSA) is 92.3 Å². The monoisotopic (exact) mass is 416 g/mol. The molecule has 1 saturated carbocycles. The lowest BCUT2D eigenvalue weighted by molar-refractivity contribution is 0.174. The molecule has 8 nitrogen and oxygen atoms in total. The highest BCUT2D eigenvalue weighted by Gasteiger charge is 2.22. The molecule has 2 aromatic carbocycles. The third kappa shape index (κ3) is 2.98. The summed E-state index contributed by atoms with van der Waals surface area (Å²) in [5, 5.41) is 4.15. The van der Waals surface area contributed by atoms with Crippen molar-refractivity contribution in [1.82, 2.24) is 19.7 Å². The predicted octanol–water partition coefficient (Wildman–Crippen LogP) is 4.27. The van der Waals surface area contributed by atoms with Gasteiger partial charge in [0.1, 0.15) is 5.69 Å². The zero-order valence-electron chi connectivity index (χ0n) is 17.0. The van der Waals surface area contributed by atoms with Crippen LogP contribution in [-0.2, 0) is 0 Å². The van der Waals surface area contributed by atoms with Crippen molar-refractivity contribution in [2.45, 2.75) is 38.6 Å². The Hall–Kier alpha value is -3.68. The van der Waals surface area contributed by atoms with E-state index >= 15 is 0 Å². The van der Waals surface area contributed by atoms with Crippen LogP contribution in [0.5, 0.6) is 11.5 Å². The van der Waals surface area contributed by atoms with Crippen molar-refractivity contribution in [2.75, 3.05) is 6.79 Å². The zero-order chi connectivity index (χ0) is 20.9. The van der Waals surface area contributed by atoms with Crippen molar-refractivity contribution >= 4 is 11.0 Å². The molecule has 31 heavy (non-hydrogen) atoms. The van der Waals surface area contributed by atoms with Crippen LogP contribution in [0.25, 0.3) is 33.9 Å². The lowest BCUT2D eigenvalue weighted by atomic mass is 10.1. The van der Waals surface area contributed by atoms with Crippen LogP contribution in [0, 0.1) is 6.92 Å². The van der Waals surface area contributed by atoms with E-state index < -0.39 is 0 Å². The van der Waals surface area contributed by atoms with Crippen LogP contribution in [0.2, 0.25) is 0 Å². The van der Waals surface area contributed by atoms with Crippen LogP contribution in [0.1, 0.15) is 37.4 Å². The highest BCUT2D eigenvalue weighted by atomic mass is 16.7. The van der Waals surface area contributed by atoms with Gasteiger partial charge in [0, 0.05) is 17.2 Å². The van der Waals surface area contributed by atoms with E-state index in [0.717, 1.165) is 47.8 Å². The van der Waals surface area contributed by atoms with Crippen LogP contribution in [0.15, 0.2) is 45.7 Å². The minimum atomic E-state index is -0.00296. The molecule has 0 unspecified atom stereocenters. The van der Waals surface area contributed by atoms with Crippen molar-refractivity contribution in [3.05, 3.63) is 52.4 Å². The van der Waals surface area contributed by atoms with Crippen LogP contribution in [0.4, 0.5) is 0 Å². The van der Waals surface area contributed by atoms with E-state index in [9.17, 15) is 4.79 Å². The van der Waals surface area contributed by atoms with Gasteiger partial charge in [-0.15, -0.1) is 0 Å². The average molecular weight is 416 g/mol. The van der Waals surface area contributed by atoms with Gasteiger partial charge in [-0.3, -0.25) is 4.79 Å². The molecule has 6 rings (SSSR count). The van der Waals surface area contributed by atoms with Gasteiger partial charge in [0.15, 0.2) is 11.5 Å². The predicted molar refractivity (Wildman–Crippen MR) is 113 cm³/mol. The second kappa shape index (κ2) is 6.94. The summed E-state index contributed by atoms with van der Waals surface area (Å²) in [4.78, 5) is 21.9. The van der Waals surface area contributed by atoms with Crippen molar-refractivity contribution in [1.29, 1.82) is 0 Å². The Balaban J connectivity index is 1.40. The Morgan fingerprint density at radius 1 is 0.968 bits per heavy atom. The molecule has 0 atom stereocenters. The number of fused-ring (bicyclic) bond motifs is 2. The lowest BCUT2D eigenvalue weighted by Gasteiger charge is -2.17. The average Bonchev–Trinajstić information content (AvgIpc) is 3.54. The highest BCUT2D eigenvalue weighted by molar-refractivity contribution is 5.80. The smallest absolute Gasteiger partial charge is 0.272 e. The first-order valence-electron chi connectivity index (χ1n) is 10.4. The van der Waals surface area contributed by atoms with Gasteiger partial charge in [-0.25, -0.2) is 4.98 Å². The molecule has 3 heterocycles. The molecule has 0 spiro atoms. The van der Waals surface area contributed by atoms with Crippen molar-refractivity contribution in [2.24, 2.45) is 0 Å². The first-order valence-corrected chi connectivity index (χ1v) is 10.4. The van der Waals surface area contributed by atoms with Gasteiger partial charge in [-0.1, -0.05) is 18.0 Å². The first kappa shape index (κ1) is 18.1. The molecule has 4 aromatic rings. The van der Waals surface area contributed by atoms with E-state index in [0.29, 0.717) is 28.9 Å². The van der Waals surface area contributed by atoms with Crippen molar-refractivity contribution in [3.8, 4) is 34.3 Å². The fourth-order valence-corrected chi connectivity index (χ4v) is 4.48. The summed E-state index contributed by atoms with van der Waals surface area (Å²) in [6.45, 7) is 1.98. The third-order valence-electron chi connectivity index (χ3n) is 6.05. The van der Waals surface area contributed by atoms with E-state index in [-0.39, 0.29) is 18.4 Å². The van der Waals surface area contributed by atoms with Crippen molar-refractivity contribution in [3.63, 3.8) is 0 Å². The second-order valence-electron chi connectivity index (χ2n) is 8.01. The van der Waals surface area contributed by atoms with Gasteiger partial charge in [0.2, 0.25) is 12.6 Å². The number of aromatic nitrogens is 4. The Labute approximate surface area is 177 Å². The molecule has 8 heteroatoms. The fraction of sp³-hybridized carbons (Fsp3) is 0.304. The van der Waals surface area contributed by atoms with Crippen LogP contribution in [-0.4, -0.2) is 26.5 Å². The van der Waals surface area contributed by atoms with Crippen molar-refractivity contribution < 1.29 is 14.0 Å². The largest absolute Gasteiger partial charge is 0.454 e. The fourth-order valence-electron chi connectivity index (χ4n) is 4.48. The van der Waals surface area contributed by atoms with Gasteiger partial charge >= 0.3 is 0 Å². The molecule has 0 N–H and O–H groups in total. The number of rotatable bonds is 3. The summed E-state index contributed by atoms with van der Waals surface area (Å²) in [7, 11) is 0. The number of hydrogen-bond donors (Lipinski definition) is 0. The maximum atomic E-state index is 12.8. The zero-order valence-corrected chi connectivity index (χ0v) is 17.0. The van der Waals surface area contributed by atoms with Crippen LogP contribution >= 0.6 is 0 Å². The minimum Gasteiger partial charge on any atom is -0.454 e. The minimum absolute atomic E-state index is 0.00296. The molecule has 1 aliphatic heterocycles. The molecule has 0 amide bonds. The molecule has 0 bridgehead atoms. The first-order chi connectivity index (χ1) is 15.2. The summed E-state index contributed by atoms with van der Waals surface area (Å²) in [5.74, 6) is 2.22. The van der Waals surface area contributed by atoms with Gasteiger partial charge in [-0.05, 0) is 56.2 Å². The number of nitrogens with zero attached hydrogens (tertiary/aromatic N) is 4. The van der Waals surface area contributed by atoms with Gasteiger partial charge < -0.3 is 18.6 Å². The number of hydrogen-bond acceptors (Lipinski definition) is 7. The Morgan fingerprint density at radius 3 is 2.65 bits per heavy atom. The molecular formula is C23H20N4O4. The van der Waals surface area contributed by atoms with E-state index in [2.05, 4.69) is 15.1 Å². The van der Waals surface area contributed by atoms with Gasteiger partial charge in [-0.2, -0.15) is 4.98 Å². The normalized spacial score (nSPS) is 15.8. The Bertz CT molecular complexity index is 1370. The Kier molecular flexibility index (Phi) is 4.05. The summed E-state index contributed by atoms with van der Waals surface area (Å²) in [6.07, 6.45) is 4.38. The Morgan fingerprint density at radius 2 is 1.77 bits per heavy atom. The SMILES string of the molecule is Cc1nc2cc(-c3noc(-c4ccc5c(c4)OCO5)n3)ccc2n(C2CCCC2)c1=O. The summed E-state index contributed by atoms with van der Waals surface area (Å²) in [5.41, 5.74) is 3.66. The molecule has 2 aliphatic rings. The molecule has 0 saturated heterocycles. The van der Waals surface area contributed by atoms with E-state index in [1.807, 2.05) is 41.0 Å². The van der Waals surface area contributed by atoms with Gasteiger partial charge in [0.05, 0.1) is 11.0 Å². The second-order valence-corrected chi connectivity index (χ2v) is 8.01. The summed E-state index contributed by atoms with van der Waals surface area (Å²) >= 11 is 0. The number of aryl methyl sites for hydroxylation is 1. The van der Waals surface area contributed by atoms with Crippen LogP contribution in [0.3, 0.4) is 0 Å². The number of ether oxygens (including phenoxy) is 2. The molecule has 2 aromatic heterocycles. The molecule has 156 valence electrons. The lowest BCUT2D eigenvalue weighted by Crippen LogP contribution is -2.26. The van der Waals surface area contributed by atoms with Gasteiger partial charge in [0.25, 0.3) is 11.4 Å². The van der Waals surface area contributed by atoms with Crippen LogP contribution < -0.4 is 15.0 Å². The maximum absolute atomic E-state index is 12.8. The number of benzene rings is 2. The van der Waals surface area contributed by atoms with E-state index in [1.54, 1.807) is 6.92 Å². The summed E-state index contributed by atoms with van der Waals surface area (Å²) in [6, 6.07) is 11.5. The molecule has 1 aliphatic carbocycles. The third-order valence-corrected chi connectivity index (χ3v) is 6.05. The maximum Gasteiger partial charge on any atom is 0.272 e. The van der Waals surface area contributed by atoms with E-state index in [4.69, 9.17) is 14.0 Å². The quantitative estimate of drug-likeness (QED) is 0.492. The molecule has 1 fully saturated rings.